The fourth-order valence-electron chi connectivity index (χ4n) is 2.81. The van der Waals surface area contributed by atoms with Crippen molar-refractivity contribution in [3.05, 3.63) is 35.9 Å². The monoisotopic (exact) mass is 304 g/mol. The topological polar surface area (TPSA) is 61.7 Å². The maximum absolute atomic E-state index is 12.3. The second-order valence-corrected chi connectivity index (χ2v) is 6.60. The van der Waals surface area contributed by atoms with E-state index in [2.05, 4.69) is 10.3 Å². The van der Waals surface area contributed by atoms with Crippen LogP contribution in [0.4, 0.5) is 0 Å². The van der Waals surface area contributed by atoms with Crippen molar-refractivity contribution in [2.24, 2.45) is 4.99 Å². The minimum Gasteiger partial charge on any atom is -0.391 e. The molecule has 1 aliphatic carbocycles. The molecule has 21 heavy (non-hydrogen) atoms. The zero-order valence-corrected chi connectivity index (χ0v) is 12.7. The van der Waals surface area contributed by atoms with Crippen molar-refractivity contribution in [3.8, 4) is 0 Å². The van der Waals surface area contributed by atoms with E-state index in [9.17, 15) is 9.90 Å². The molecule has 1 aromatic carbocycles. The fourth-order valence-corrected chi connectivity index (χ4v) is 3.85. The van der Waals surface area contributed by atoms with Crippen LogP contribution in [-0.2, 0) is 4.79 Å². The number of nitrogens with one attached hydrogen (secondary N) is 1. The number of nitrogens with zero attached hydrogens (tertiary/aromatic N) is 1. The quantitative estimate of drug-likeness (QED) is 0.897. The maximum atomic E-state index is 12.3. The number of benzene rings is 1. The lowest BCUT2D eigenvalue weighted by Gasteiger charge is -2.28. The molecule has 2 aliphatic rings. The average molecular weight is 304 g/mol. The van der Waals surface area contributed by atoms with Gasteiger partial charge in [-0.05, 0) is 12.8 Å². The highest BCUT2D eigenvalue weighted by Crippen LogP contribution is 2.24. The first-order valence-electron chi connectivity index (χ1n) is 7.48. The lowest BCUT2D eigenvalue weighted by atomic mass is 9.92. The van der Waals surface area contributed by atoms with Gasteiger partial charge in [-0.25, -0.2) is 0 Å². The van der Waals surface area contributed by atoms with Crippen LogP contribution in [0.3, 0.4) is 0 Å². The summed E-state index contributed by atoms with van der Waals surface area (Å²) in [5, 5.41) is 13.8. The Morgan fingerprint density at radius 3 is 2.76 bits per heavy atom. The van der Waals surface area contributed by atoms with E-state index >= 15 is 0 Å². The van der Waals surface area contributed by atoms with E-state index in [-0.39, 0.29) is 18.0 Å². The Balaban J connectivity index is 1.62. The number of carbonyl (C=O) groups is 1. The molecule has 1 aromatic rings. The second kappa shape index (κ2) is 6.62. The molecule has 0 saturated heterocycles. The van der Waals surface area contributed by atoms with Crippen LogP contribution in [0.1, 0.15) is 31.2 Å². The van der Waals surface area contributed by atoms with Gasteiger partial charge in [0.05, 0.1) is 17.2 Å². The highest BCUT2D eigenvalue weighted by molar-refractivity contribution is 8.14. The first kappa shape index (κ1) is 14.6. The smallest absolute Gasteiger partial charge is 0.246 e. The van der Waals surface area contributed by atoms with Crippen molar-refractivity contribution in [1.29, 1.82) is 0 Å². The van der Waals surface area contributed by atoms with Crippen molar-refractivity contribution in [3.63, 3.8) is 0 Å². The van der Waals surface area contributed by atoms with Gasteiger partial charge in [0.2, 0.25) is 5.91 Å². The molecule has 0 bridgehead atoms. The van der Waals surface area contributed by atoms with Crippen LogP contribution in [0.25, 0.3) is 0 Å². The molecule has 0 radical (unpaired) electrons. The first-order valence-corrected chi connectivity index (χ1v) is 8.47. The van der Waals surface area contributed by atoms with E-state index < -0.39 is 6.10 Å². The summed E-state index contributed by atoms with van der Waals surface area (Å²) in [6, 6.07) is 9.51. The number of rotatable bonds is 3. The predicted molar refractivity (Wildman–Crippen MR) is 85.6 cm³/mol. The Hall–Kier alpha value is -1.33. The molecule has 3 atom stereocenters. The van der Waals surface area contributed by atoms with Crippen LogP contribution < -0.4 is 5.32 Å². The minimum absolute atomic E-state index is 0.0561. The molecule has 1 unspecified atom stereocenters. The van der Waals surface area contributed by atoms with Crippen LogP contribution >= 0.6 is 11.8 Å². The second-order valence-electron chi connectivity index (χ2n) is 5.59. The standard InChI is InChI=1S/C16H20N2O2S/c19-14-9-5-4-8-12(14)17-15(20)13-10-21-16(18-13)11-6-2-1-3-7-11/h1-3,6-7,12-14,19H,4-5,8-10H2,(H,17,20)/t12-,13?,14-/m0/s1. The number of carbonyl (C=O) groups excluding carboxylic acids is 1. The largest absolute Gasteiger partial charge is 0.391 e. The predicted octanol–water partition coefficient (Wildman–Crippen LogP) is 1.97. The van der Waals surface area contributed by atoms with Gasteiger partial charge in [0.25, 0.3) is 0 Å². The van der Waals surface area contributed by atoms with Gasteiger partial charge in [0.1, 0.15) is 6.04 Å². The molecular formula is C16H20N2O2S. The SMILES string of the molecule is O=C(N[C@H]1CCCC[C@@H]1O)C1CSC(c2ccccc2)=N1. The van der Waals surface area contributed by atoms with Crippen LogP contribution in [0.5, 0.6) is 0 Å². The summed E-state index contributed by atoms with van der Waals surface area (Å²) < 4.78 is 0. The summed E-state index contributed by atoms with van der Waals surface area (Å²) in [5.74, 6) is 0.623. The third kappa shape index (κ3) is 3.47. The Labute approximate surface area is 129 Å². The summed E-state index contributed by atoms with van der Waals surface area (Å²) in [4.78, 5) is 16.8. The van der Waals surface area contributed by atoms with Gasteiger partial charge < -0.3 is 10.4 Å². The molecule has 0 aromatic heterocycles. The van der Waals surface area contributed by atoms with Crippen molar-refractivity contribution >= 4 is 22.7 Å². The van der Waals surface area contributed by atoms with Crippen LogP contribution in [0.2, 0.25) is 0 Å². The summed E-state index contributed by atoms with van der Waals surface area (Å²) in [7, 11) is 0. The van der Waals surface area contributed by atoms with E-state index in [0.29, 0.717) is 5.75 Å². The molecule has 0 spiro atoms. The third-order valence-corrected chi connectivity index (χ3v) is 5.13. The first-order chi connectivity index (χ1) is 10.2. The number of hydrogen-bond acceptors (Lipinski definition) is 4. The molecular weight excluding hydrogens is 284 g/mol. The van der Waals surface area contributed by atoms with E-state index in [0.717, 1.165) is 36.3 Å². The van der Waals surface area contributed by atoms with Gasteiger partial charge in [-0.2, -0.15) is 0 Å². The molecule has 1 heterocycles. The lowest BCUT2D eigenvalue weighted by molar-refractivity contribution is -0.123. The number of hydrogen-bond donors (Lipinski definition) is 2. The fraction of sp³-hybridized carbons (Fsp3) is 0.500. The molecule has 5 heteroatoms. The van der Waals surface area contributed by atoms with Crippen LogP contribution in [0, 0.1) is 0 Å². The van der Waals surface area contributed by atoms with Crippen molar-refractivity contribution < 1.29 is 9.90 Å². The van der Waals surface area contributed by atoms with E-state index in [1.165, 1.54) is 0 Å². The Morgan fingerprint density at radius 2 is 2.00 bits per heavy atom. The van der Waals surface area contributed by atoms with E-state index in [1.54, 1.807) is 11.8 Å². The Morgan fingerprint density at radius 1 is 1.24 bits per heavy atom. The van der Waals surface area contributed by atoms with Gasteiger partial charge in [-0.15, -0.1) is 11.8 Å². The van der Waals surface area contributed by atoms with Crippen LogP contribution in [0.15, 0.2) is 35.3 Å². The molecule has 3 rings (SSSR count). The number of aliphatic hydroxyl groups is 1. The summed E-state index contributed by atoms with van der Waals surface area (Å²) in [6.45, 7) is 0. The zero-order chi connectivity index (χ0) is 14.7. The van der Waals surface area contributed by atoms with E-state index in [1.807, 2.05) is 30.3 Å². The van der Waals surface area contributed by atoms with Gasteiger partial charge >= 0.3 is 0 Å². The zero-order valence-electron chi connectivity index (χ0n) is 11.9. The van der Waals surface area contributed by atoms with Gasteiger partial charge in [0.15, 0.2) is 0 Å². The molecule has 2 N–H and O–H groups in total. The van der Waals surface area contributed by atoms with Gasteiger partial charge in [-0.1, -0.05) is 43.2 Å². The molecule has 1 saturated carbocycles. The highest BCUT2D eigenvalue weighted by atomic mass is 32.2. The molecule has 1 aliphatic heterocycles. The van der Waals surface area contributed by atoms with E-state index in [4.69, 9.17) is 0 Å². The Kier molecular flexibility index (Phi) is 4.60. The summed E-state index contributed by atoms with van der Waals surface area (Å²) in [5.41, 5.74) is 1.07. The number of aliphatic hydroxyl groups excluding tert-OH is 1. The molecule has 4 nitrogen and oxygen atoms in total. The van der Waals surface area contributed by atoms with Gasteiger partial charge in [-0.3, -0.25) is 9.79 Å². The average Bonchev–Trinajstić information content (AvgIpc) is 3.00. The minimum atomic E-state index is -0.408. The summed E-state index contributed by atoms with van der Waals surface area (Å²) in [6.07, 6.45) is 3.35. The van der Waals surface area contributed by atoms with Crippen molar-refractivity contribution in [2.75, 3.05) is 5.75 Å². The van der Waals surface area contributed by atoms with Crippen molar-refractivity contribution in [1.82, 2.24) is 5.32 Å². The number of thioether (sulfide) groups is 1. The lowest BCUT2D eigenvalue weighted by Crippen LogP contribution is -2.48. The summed E-state index contributed by atoms with van der Waals surface area (Å²) >= 11 is 1.62. The number of amides is 1. The van der Waals surface area contributed by atoms with Gasteiger partial charge in [0, 0.05) is 11.3 Å². The molecule has 112 valence electrons. The Bertz CT molecular complexity index is 532. The molecule has 1 amide bonds. The highest BCUT2D eigenvalue weighted by Gasteiger charge is 2.30. The maximum Gasteiger partial charge on any atom is 0.246 e. The van der Waals surface area contributed by atoms with Crippen molar-refractivity contribution in [2.45, 2.75) is 43.9 Å². The molecule has 1 fully saturated rings. The number of aliphatic imine (C=N–C) groups is 1. The third-order valence-electron chi connectivity index (χ3n) is 4.03. The normalized spacial score (nSPS) is 29.0. The van der Waals surface area contributed by atoms with Crippen LogP contribution in [-0.4, -0.2) is 40.0 Å².